The zero-order valence-electron chi connectivity index (χ0n) is 13.1. The van der Waals surface area contributed by atoms with Gasteiger partial charge in [0.2, 0.25) is 5.91 Å². The van der Waals surface area contributed by atoms with Crippen molar-refractivity contribution in [3.05, 3.63) is 29.8 Å². The summed E-state index contributed by atoms with van der Waals surface area (Å²) in [6.45, 7) is 4.31. The quantitative estimate of drug-likeness (QED) is 0.853. The summed E-state index contributed by atoms with van der Waals surface area (Å²) in [6.07, 6.45) is 0.911. The van der Waals surface area contributed by atoms with Crippen LogP contribution in [0.2, 0.25) is 0 Å². The number of nitrogens with one attached hydrogen (secondary N) is 2. The van der Waals surface area contributed by atoms with E-state index in [2.05, 4.69) is 41.8 Å². The van der Waals surface area contributed by atoms with E-state index >= 15 is 0 Å². The molecule has 2 N–H and O–H groups in total. The molecule has 5 heteroatoms. The molecule has 1 aliphatic rings. The minimum Gasteiger partial charge on any atom is -0.375 e. The number of rotatable bonds is 5. The third kappa shape index (κ3) is 4.81. The molecule has 1 aromatic rings. The molecule has 1 aliphatic heterocycles. The minimum absolute atomic E-state index is 0.0387. The lowest BCUT2D eigenvalue weighted by atomic mass is 10.1. The van der Waals surface area contributed by atoms with Crippen molar-refractivity contribution < 1.29 is 9.53 Å². The van der Waals surface area contributed by atoms with Crippen molar-refractivity contribution in [2.24, 2.45) is 0 Å². The van der Waals surface area contributed by atoms with Crippen LogP contribution in [0.1, 0.15) is 12.5 Å². The molecular weight excluding hydrogens is 266 g/mol. The number of likely N-dealkylation sites (N-methyl/N-ethyl adjacent to an activating group) is 1. The summed E-state index contributed by atoms with van der Waals surface area (Å²) in [5.41, 5.74) is 2.10. The molecule has 2 atom stereocenters. The molecular formula is C16H25N3O2. The number of carbonyl (C=O) groups is 1. The van der Waals surface area contributed by atoms with Crippen LogP contribution in [0, 0.1) is 0 Å². The Labute approximate surface area is 126 Å². The van der Waals surface area contributed by atoms with Crippen molar-refractivity contribution in [2.45, 2.75) is 25.5 Å². The highest BCUT2D eigenvalue weighted by Crippen LogP contribution is 2.12. The molecule has 2 rings (SSSR count). The van der Waals surface area contributed by atoms with E-state index < -0.39 is 0 Å². The second kappa shape index (κ2) is 7.54. The van der Waals surface area contributed by atoms with Crippen LogP contribution in [0.3, 0.4) is 0 Å². The molecule has 0 bridgehead atoms. The Kier molecular flexibility index (Phi) is 5.73. The third-order valence-electron chi connectivity index (χ3n) is 3.67. The van der Waals surface area contributed by atoms with E-state index in [9.17, 15) is 4.79 Å². The zero-order chi connectivity index (χ0) is 15.2. The van der Waals surface area contributed by atoms with Gasteiger partial charge < -0.3 is 20.3 Å². The molecule has 1 amide bonds. The lowest BCUT2D eigenvalue weighted by Gasteiger charge is -2.29. The largest absolute Gasteiger partial charge is 0.375 e. The van der Waals surface area contributed by atoms with Gasteiger partial charge in [0.15, 0.2) is 0 Å². The van der Waals surface area contributed by atoms with E-state index in [0.29, 0.717) is 13.2 Å². The highest BCUT2D eigenvalue weighted by atomic mass is 16.5. The van der Waals surface area contributed by atoms with Crippen molar-refractivity contribution >= 4 is 11.6 Å². The van der Waals surface area contributed by atoms with Crippen LogP contribution in [0.4, 0.5) is 5.69 Å². The first-order valence-electron chi connectivity index (χ1n) is 7.46. The van der Waals surface area contributed by atoms with Crippen LogP contribution in [0.15, 0.2) is 24.3 Å². The van der Waals surface area contributed by atoms with Gasteiger partial charge in [-0.05, 0) is 45.1 Å². The highest BCUT2D eigenvalue weighted by Gasteiger charge is 2.28. The Bertz CT molecular complexity index is 459. The van der Waals surface area contributed by atoms with E-state index in [1.165, 1.54) is 5.56 Å². The Morgan fingerprint density at radius 3 is 2.71 bits per heavy atom. The van der Waals surface area contributed by atoms with Gasteiger partial charge in [-0.2, -0.15) is 0 Å². The van der Waals surface area contributed by atoms with Crippen LogP contribution in [0.25, 0.3) is 0 Å². The Morgan fingerprint density at radius 1 is 1.38 bits per heavy atom. The normalized spacial score (nSPS) is 22.3. The van der Waals surface area contributed by atoms with Gasteiger partial charge >= 0.3 is 0 Å². The average molecular weight is 291 g/mol. The van der Waals surface area contributed by atoms with E-state index in [0.717, 1.165) is 18.7 Å². The average Bonchev–Trinajstić information content (AvgIpc) is 2.47. The molecule has 1 saturated heterocycles. The van der Waals surface area contributed by atoms with Crippen molar-refractivity contribution in [3.8, 4) is 0 Å². The first-order valence-corrected chi connectivity index (χ1v) is 7.46. The Balaban J connectivity index is 1.89. The van der Waals surface area contributed by atoms with Gasteiger partial charge in [-0.25, -0.2) is 0 Å². The summed E-state index contributed by atoms with van der Waals surface area (Å²) in [4.78, 5) is 14.4. The molecule has 1 heterocycles. The molecule has 0 spiro atoms. The third-order valence-corrected chi connectivity index (χ3v) is 3.67. The first-order chi connectivity index (χ1) is 10.1. The maximum absolute atomic E-state index is 12.2. The number of morpholine rings is 1. The fourth-order valence-electron chi connectivity index (χ4n) is 2.35. The maximum atomic E-state index is 12.2. The molecule has 1 fully saturated rings. The number of hydrogen-bond donors (Lipinski definition) is 2. The van der Waals surface area contributed by atoms with Gasteiger partial charge in [0, 0.05) is 18.8 Å². The second-order valence-corrected chi connectivity index (χ2v) is 5.75. The van der Waals surface area contributed by atoms with Crippen LogP contribution in [-0.4, -0.2) is 56.7 Å². The van der Waals surface area contributed by atoms with Gasteiger partial charge in [-0.15, -0.1) is 0 Å². The topological polar surface area (TPSA) is 53.6 Å². The molecule has 0 radical (unpaired) electrons. The number of ether oxygens (including phenoxy) is 1. The summed E-state index contributed by atoms with van der Waals surface area (Å²) in [5.74, 6) is -0.0387. The molecule has 0 aromatic heterocycles. The second-order valence-electron chi connectivity index (χ2n) is 5.75. The fourth-order valence-corrected chi connectivity index (χ4v) is 2.35. The van der Waals surface area contributed by atoms with Crippen LogP contribution < -0.4 is 10.6 Å². The fraction of sp³-hybridized carbons (Fsp3) is 0.562. The van der Waals surface area contributed by atoms with Gasteiger partial charge in [0.25, 0.3) is 0 Å². The molecule has 0 unspecified atom stereocenters. The van der Waals surface area contributed by atoms with Gasteiger partial charge in [-0.3, -0.25) is 4.79 Å². The van der Waals surface area contributed by atoms with Crippen molar-refractivity contribution in [2.75, 3.05) is 39.1 Å². The van der Waals surface area contributed by atoms with Crippen LogP contribution >= 0.6 is 0 Å². The lowest BCUT2D eigenvalue weighted by Crippen LogP contribution is -2.53. The summed E-state index contributed by atoms with van der Waals surface area (Å²) in [7, 11) is 4.13. The summed E-state index contributed by atoms with van der Waals surface area (Å²) < 4.78 is 5.49. The Hall–Kier alpha value is -1.43. The summed E-state index contributed by atoms with van der Waals surface area (Å²) in [5, 5.41) is 6.13. The van der Waals surface area contributed by atoms with Crippen LogP contribution in [0.5, 0.6) is 0 Å². The predicted molar refractivity (Wildman–Crippen MR) is 84.5 cm³/mol. The molecule has 0 saturated carbocycles. The number of benzene rings is 1. The minimum atomic E-state index is -0.285. The molecule has 0 aliphatic carbocycles. The Morgan fingerprint density at radius 2 is 2.10 bits per heavy atom. The van der Waals surface area contributed by atoms with Crippen LogP contribution in [-0.2, 0) is 16.0 Å². The number of carbonyl (C=O) groups excluding carboxylic acids is 1. The standard InChI is InChI=1S/C16H25N3O2/c1-12-15(17-9-11-21-12)16(20)18-14-6-4-13(5-7-14)8-10-19(2)3/h4-7,12,15,17H,8-11H2,1-3H3,(H,18,20)/t12-,15+/m1/s1. The van der Waals surface area contributed by atoms with Crippen molar-refractivity contribution in [3.63, 3.8) is 0 Å². The van der Waals surface area contributed by atoms with E-state index in [1.54, 1.807) is 0 Å². The van der Waals surface area contributed by atoms with Gasteiger partial charge in [0.05, 0.1) is 12.7 Å². The highest BCUT2D eigenvalue weighted by molar-refractivity contribution is 5.95. The number of anilines is 1. The zero-order valence-corrected chi connectivity index (χ0v) is 13.1. The molecule has 5 nitrogen and oxygen atoms in total. The smallest absolute Gasteiger partial charge is 0.244 e. The molecule has 116 valence electrons. The predicted octanol–water partition coefficient (Wildman–Crippen LogP) is 1.11. The van der Waals surface area contributed by atoms with E-state index in [4.69, 9.17) is 4.74 Å². The first kappa shape index (κ1) is 15.9. The summed E-state index contributed by atoms with van der Waals surface area (Å²) >= 11 is 0. The molecule has 1 aromatic carbocycles. The number of hydrogen-bond acceptors (Lipinski definition) is 4. The summed E-state index contributed by atoms with van der Waals surface area (Å²) in [6, 6.07) is 7.75. The lowest BCUT2D eigenvalue weighted by molar-refractivity contribution is -0.123. The molecule has 21 heavy (non-hydrogen) atoms. The number of nitrogens with zero attached hydrogens (tertiary/aromatic N) is 1. The van der Waals surface area contributed by atoms with Crippen molar-refractivity contribution in [1.29, 1.82) is 0 Å². The van der Waals surface area contributed by atoms with E-state index in [1.807, 2.05) is 19.1 Å². The van der Waals surface area contributed by atoms with Crippen molar-refractivity contribution in [1.82, 2.24) is 10.2 Å². The van der Waals surface area contributed by atoms with Gasteiger partial charge in [0.1, 0.15) is 6.04 Å². The maximum Gasteiger partial charge on any atom is 0.244 e. The number of amides is 1. The SMILES string of the molecule is C[C@H]1OCCN[C@@H]1C(=O)Nc1ccc(CCN(C)C)cc1. The van der Waals surface area contributed by atoms with Gasteiger partial charge in [-0.1, -0.05) is 12.1 Å². The monoisotopic (exact) mass is 291 g/mol. The van der Waals surface area contributed by atoms with E-state index in [-0.39, 0.29) is 18.1 Å².